The summed E-state index contributed by atoms with van der Waals surface area (Å²) in [6, 6.07) is 31.2. The van der Waals surface area contributed by atoms with E-state index in [1.165, 1.54) is 0 Å². The molecule has 0 aliphatic carbocycles. The molecule has 0 unspecified atom stereocenters. The van der Waals surface area contributed by atoms with Crippen molar-refractivity contribution in [3.63, 3.8) is 0 Å². The van der Waals surface area contributed by atoms with Gasteiger partial charge in [0.2, 0.25) is 0 Å². The van der Waals surface area contributed by atoms with E-state index in [2.05, 4.69) is 30.3 Å². The second kappa shape index (κ2) is 6.77. The average Bonchev–Trinajstić information content (AvgIpc) is 2.69. The summed E-state index contributed by atoms with van der Waals surface area (Å²) in [4.78, 5) is 0. The van der Waals surface area contributed by atoms with Crippen LogP contribution in [0.3, 0.4) is 0 Å². The Hall–Kier alpha value is -3.52. The van der Waals surface area contributed by atoms with Gasteiger partial charge in [0.1, 0.15) is 11.5 Å². The highest BCUT2D eigenvalue weighted by molar-refractivity contribution is 5.81. The third-order valence-electron chi connectivity index (χ3n) is 4.44. The van der Waals surface area contributed by atoms with Crippen molar-refractivity contribution in [2.75, 3.05) is 0 Å². The van der Waals surface area contributed by atoms with Crippen LogP contribution in [-0.2, 0) is 0 Å². The molecule has 0 atom stereocenters. The highest BCUT2D eigenvalue weighted by Crippen LogP contribution is 2.33. The van der Waals surface area contributed by atoms with E-state index in [-0.39, 0.29) is 11.5 Å². The molecule has 0 amide bonds. The second-order valence-electron chi connectivity index (χ2n) is 6.26. The van der Waals surface area contributed by atoms with Crippen LogP contribution >= 0.6 is 0 Å². The number of phenolic OH excluding ortho intramolecular Hbond substituents is 2. The van der Waals surface area contributed by atoms with E-state index in [9.17, 15) is 10.2 Å². The molecule has 4 rings (SSSR count). The van der Waals surface area contributed by atoms with Gasteiger partial charge in [0.15, 0.2) is 0 Å². The van der Waals surface area contributed by atoms with Gasteiger partial charge in [0, 0.05) is 0 Å². The van der Waals surface area contributed by atoms with E-state index in [0.29, 0.717) is 0 Å². The van der Waals surface area contributed by atoms with Gasteiger partial charge in [-0.15, -0.1) is 0 Å². The first-order chi connectivity index (χ1) is 12.7. The molecular formula is C24H18O2. The van der Waals surface area contributed by atoms with Gasteiger partial charge in [0.25, 0.3) is 0 Å². The second-order valence-corrected chi connectivity index (χ2v) is 6.26. The van der Waals surface area contributed by atoms with Gasteiger partial charge in [0.05, 0.1) is 0 Å². The number of hydrogen-bond donors (Lipinski definition) is 2. The lowest BCUT2D eigenvalue weighted by atomic mass is 9.93. The maximum absolute atomic E-state index is 9.57. The van der Waals surface area contributed by atoms with Crippen molar-refractivity contribution in [1.29, 1.82) is 0 Å². The zero-order valence-corrected chi connectivity index (χ0v) is 14.1. The van der Waals surface area contributed by atoms with Crippen LogP contribution in [-0.4, -0.2) is 10.2 Å². The Morgan fingerprint density at radius 3 is 1.08 bits per heavy atom. The van der Waals surface area contributed by atoms with E-state index in [1.54, 1.807) is 24.3 Å². The monoisotopic (exact) mass is 338 g/mol. The minimum Gasteiger partial charge on any atom is -0.508 e. The van der Waals surface area contributed by atoms with Crippen molar-refractivity contribution in [1.82, 2.24) is 0 Å². The largest absolute Gasteiger partial charge is 0.508 e. The van der Waals surface area contributed by atoms with Crippen LogP contribution in [0.2, 0.25) is 0 Å². The molecule has 126 valence electrons. The van der Waals surface area contributed by atoms with Crippen LogP contribution in [0.25, 0.3) is 33.4 Å². The van der Waals surface area contributed by atoms with Crippen LogP contribution in [0.5, 0.6) is 11.5 Å². The van der Waals surface area contributed by atoms with E-state index >= 15 is 0 Å². The third-order valence-corrected chi connectivity index (χ3v) is 4.44. The van der Waals surface area contributed by atoms with Crippen molar-refractivity contribution in [3.05, 3.63) is 97.1 Å². The summed E-state index contributed by atoms with van der Waals surface area (Å²) >= 11 is 0. The summed E-state index contributed by atoms with van der Waals surface area (Å²) in [5, 5.41) is 19.1. The van der Waals surface area contributed by atoms with Crippen LogP contribution in [0.1, 0.15) is 0 Å². The zero-order chi connectivity index (χ0) is 17.9. The minimum atomic E-state index is 0.256. The Morgan fingerprint density at radius 1 is 0.346 bits per heavy atom. The Kier molecular flexibility index (Phi) is 4.16. The van der Waals surface area contributed by atoms with Gasteiger partial charge in [-0.25, -0.2) is 0 Å². The van der Waals surface area contributed by atoms with Gasteiger partial charge >= 0.3 is 0 Å². The lowest BCUT2D eigenvalue weighted by molar-refractivity contribution is 0.475. The maximum Gasteiger partial charge on any atom is 0.115 e. The zero-order valence-electron chi connectivity index (χ0n) is 14.1. The Balaban J connectivity index is 1.89. The Morgan fingerprint density at radius 2 is 0.692 bits per heavy atom. The van der Waals surface area contributed by atoms with Crippen molar-refractivity contribution in [2.24, 2.45) is 0 Å². The van der Waals surface area contributed by atoms with E-state index in [4.69, 9.17) is 0 Å². The fourth-order valence-corrected chi connectivity index (χ4v) is 3.07. The summed E-state index contributed by atoms with van der Waals surface area (Å²) in [5.41, 5.74) is 6.51. The standard InChI is InChI=1S/C24H18O2/c25-23-10-6-18(7-11-23)21-14-20(17-4-2-1-3-5-17)15-22(16-21)19-8-12-24(26)13-9-19/h1-16,25-26H. The average molecular weight is 338 g/mol. The van der Waals surface area contributed by atoms with Crippen LogP contribution in [0.4, 0.5) is 0 Å². The minimum absolute atomic E-state index is 0.256. The van der Waals surface area contributed by atoms with Gasteiger partial charge in [-0.1, -0.05) is 54.6 Å². The maximum atomic E-state index is 9.57. The predicted molar refractivity (Wildman–Crippen MR) is 106 cm³/mol. The summed E-state index contributed by atoms with van der Waals surface area (Å²) in [5.74, 6) is 0.512. The molecular weight excluding hydrogens is 320 g/mol. The Labute approximate surface area is 152 Å². The number of benzene rings is 4. The normalized spacial score (nSPS) is 10.6. The molecule has 2 heteroatoms. The molecule has 26 heavy (non-hydrogen) atoms. The lowest BCUT2D eigenvalue weighted by Crippen LogP contribution is -1.86. The highest BCUT2D eigenvalue weighted by Gasteiger charge is 2.07. The van der Waals surface area contributed by atoms with E-state index < -0.39 is 0 Å². The van der Waals surface area contributed by atoms with Crippen LogP contribution in [0, 0.1) is 0 Å². The van der Waals surface area contributed by atoms with Gasteiger partial charge in [-0.2, -0.15) is 0 Å². The molecule has 0 spiro atoms. The molecule has 0 radical (unpaired) electrons. The summed E-state index contributed by atoms with van der Waals surface area (Å²) in [6.45, 7) is 0. The van der Waals surface area contributed by atoms with Crippen molar-refractivity contribution < 1.29 is 10.2 Å². The van der Waals surface area contributed by atoms with Crippen molar-refractivity contribution >= 4 is 0 Å². The molecule has 0 saturated heterocycles. The molecule has 2 N–H and O–H groups in total. The molecule has 0 aliphatic rings. The summed E-state index contributed by atoms with van der Waals surface area (Å²) < 4.78 is 0. The molecule has 4 aromatic rings. The summed E-state index contributed by atoms with van der Waals surface area (Å²) in [7, 11) is 0. The number of phenols is 2. The number of hydrogen-bond acceptors (Lipinski definition) is 2. The summed E-state index contributed by atoms with van der Waals surface area (Å²) in [6.07, 6.45) is 0. The van der Waals surface area contributed by atoms with Crippen LogP contribution in [0.15, 0.2) is 97.1 Å². The molecule has 2 nitrogen and oxygen atoms in total. The molecule has 0 aromatic heterocycles. The van der Waals surface area contributed by atoms with Gasteiger partial charge in [-0.3, -0.25) is 0 Å². The molecule has 4 aromatic carbocycles. The fraction of sp³-hybridized carbons (Fsp3) is 0. The predicted octanol–water partition coefficient (Wildman–Crippen LogP) is 6.10. The molecule has 0 saturated carbocycles. The molecule has 0 heterocycles. The van der Waals surface area contributed by atoms with E-state index in [1.807, 2.05) is 42.5 Å². The molecule has 0 fully saturated rings. The Bertz CT molecular complexity index is 954. The fourth-order valence-electron chi connectivity index (χ4n) is 3.07. The number of aromatic hydroxyl groups is 2. The van der Waals surface area contributed by atoms with Gasteiger partial charge in [-0.05, 0) is 75.8 Å². The van der Waals surface area contributed by atoms with Gasteiger partial charge < -0.3 is 10.2 Å². The molecule has 0 bridgehead atoms. The lowest BCUT2D eigenvalue weighted by Gasteiger charge is -2.11. The topological polar surface area (TPSA) is 40.5 Å². The first-order valence-corrected chi connectivity index (χ1v) is 8.48. The smallest absolute Gasteiger partial charge is 0.115 e. The van der Waals surface area contributed by atoms with Crippen molar-refractivity contribution in [2.45, 2.75) is 0 Å². The quantitative estimate of drug-likeness (QED) is 0.474. The first-order valence-electron chi connectivity index (χ1n) is 8.48. The SMILES string of the molecule is Oc1ccc(-c2cc(-c3ccccc3)cc(-c3ccc(O)cc3)c2)cc1. The van der Waals surface area contributed by atoms with Crippen molar-refractivity contribution in [3.8, 4) is 44.9 Å². The van der Waals surface area contributed by atoms with Crippen LogP contribution < -0.4 is 0 Å². The number of rotatable bonds is 3. The van der Waals surface area contributed by atoms with E-state index in [0.717, 1.165) is 33.4 Å². The first kappa shape index (κ1) is 16.0. The highest BCUT2D eigenvalue weighted by atomic mass is 16.3. The molecule has 0 aliphatic heterocycles. The third kappa shape index (κ3) is 3.31.